The number of aromatic hydroxyl groups is 1. The van der Waals surface area contributed by atoms with Gasteiger partial charge in [0.25, 0.3) is 0 Å². The van der Waals surface area contributed by atoms with Crippen LogP contribution in [-0.2, 0) is 30.4 Å². The zero-order chi connectivity index (χ0) is 32.9. The van der Waals surface area contributed by atoms with E-state index in [1.54, 1.807) is 12.1 Å². The summed E-state index contributed by atoms with van der Waals surface area (Å²) in [5.74, 6) is -0.942. The van der Waals surface area contributed by atoms with Crippen molar-refractivity contribution in [1.29, 1.82) is 0 Å². The van der Waals surface area contributed by atoms with Crippen LogP contribution in [0.25, 0.3) is 21.5 Å². The smallest absolute Gasteiger partial charge is 0.744 e. The van der Waals surface area contributed by atoms with Gasteiger partial charge in [0.2, 0.25) is 0 Å². The average molecular weight is 738 g/mol. The molecule has 0 spiro atoms. The van der Waals surface area contributed by atoms with Gasteiger partial charge in [-0.1, -0.05) is 23.8 Å². The summed E-state index contributed by atoms with van der Waals surface area (Å²) in [6.45, 7) is 1.89. The van der Waals surface area contributed by atoms with Crippen molar-refractivity contribution in [3.05, 3.63) is 78.4 Å². The van der Waals surface area contributed by atoms with Crippen molar-refractivity contribution in [2.75, 3.05) is 5.73 Å². The molecule has 0 amide bonds. The maximum Gasteiger partial charge on any atom is 1.00 e. The third-order valence-electron chi connectivity index (χ3n) is 6.52. The molecular formula is C27H18N5Na3O10S3. The zero-order valence-electron chi connectivity index (χ0n) is 25.6. The van der Waals surface area contributed by atoms with Gasteiger partial charge in [-0.25, -0.2) is 25.3 Å². The minimum absolute atomic E-state index is 0. The van der Waals surface area contributed by atoms with Crippen molar-refractivity contribution < 1.29 is 133 Å². The Morgan fingerprint density at radius 2 is 1.15 bits per heavy atom. The van der Waals surface area contributed by atoms with Gasteiger partial charge < -0.3 is 24.5 Å². The van der Waals surface area contributed by atoms with Crippen LogP contribution in [0.5, 0.6) is 5.75 Å². The molecule has 15 nitrogen and oxygen atoms in total. The second-order valence-electron chi connectivity index (χ2n) is 9.59. The Hall–Kier alpha value is -1.85. The van der Waals surface area contributed by atoms with Gasteiger partial charge in [0.1, 0.15) is 36.0 Å². The van der Waals surface area contributed by atoms with Crippen LogP contribution in [0.15, 0.2) is 108 Å². The number of fused-ring (bicyclic) bond motifs is 2. The Balaban J connectivity index is 0.00000267. The number of nitrogens with zero attached hydrogens (tertiary/aromatic N) is 4. The molecule has 5 aromatic rings. The molecule has 232 valence electrons. The molecule has 48 heavy (non-hydrogen) atoms. The fourth-order valence-electron chi connectivity index (χ4n) is 4.35. The second kappa shape index (κ2) is 16.0. The molecule has 0 saturated carbocycles. The number of nitrogens with two attached hydrogens (primary N) is 1. The topological polar surface area (TPSA) is 267 Å². The van der Waals surface area contributed by atoms with Gasteiger partial charge in [-0.2, -0.15) is 5.11 Å². The predicted molar refractivity (Wildman–Crippen MR) is 157 cm³/mol. The number of phenolic OH excluding ortho intramolecular Hbond substituents is 1. The SMILES string of the molecule is Cc1ccc(N=Nc2ccc(N=Nc3c(S(=O)(=O)[O-])cc4cc(S(=O)(=O)[O-])c(N)cc4c3O)c3cc(S(=O)(=O)[O-])ccc23)cc1.[Na+].[Na+].[Na+]. The molecule has 5 rings (SSSR count). The number of phenols is 1. The number of azo groups is 2. The van der Waals surface area contributed by atoms with Crippen LogP contribution in [0.4, 0.5) is 28.4 Å². The van der Waals surface area contributed by atoms with E-state index < -0.39 is 62.2 Å². The van der Waals surface area contributed by atoms with Gasteiger partial charge in [0, 0.05) is 21.8 Å². The van der Waals surface area contributed by atoms with Gasteiger partial charge in [0.05, 0.1) is 31.7 Å². The van der Waals surface area contributed by atoms with Gasteiger partial charge >= 0.3 is 88.7 Å². The average Bonchev–Trinajstić information content (AvgIpc) is 2.94. The van der Waals surface area contributed by atoms with Gasteiger partial charge in [0.15, 0.2) is 5.75 Å². The third-order valence-corrected chi connectivity index (χ3v) is 9.09. The molecule has 5 aromatic carbocycles. The van der Waals surface area contributed by atoms with Crippen molar-refractivity contribution in [3.63, 3.8) is 0 Å². The first kappa shape index (κ1) is 42.3. The Kier molecular flexibility index (Phi) is 14.1. The molecule has 0 radical (unpaired) electrons. The number of benzene rings is 5. The summed E-state index contributed by atoms with van der Waals surface area (Å²) in [6.07, 6.45) is 0. The number of rotatable bonds is 7. The van der Waals surface area contributed by atoms with Gasteiger partial charge in [-0.05, 0) is 66.9 Å². The summed E-state index contributed by atoms with van der Waals surface area (Å²) in [5.41, 5.74) is 5.83. The largest absolute Gasteiger partial charge is 1.00 e. The van der Waals surface area contributed by atoms with E-state index in [9.17, 15) is 44.0 Å². The third kappa shape index (κ3) is 9.27. The Morgan fingerprint density at radius 3 is 1.71 bits per heavy atom. The zero-order valence-corrected chi connectivity index (χ0v) is 34.1. The normalized spacial score (nSPS) is 12.2. The molecule has 0 fully saturated rings. The predicted octanol–water partition coefficient (Wildman–Crippen LogP) is -3.86. The first-order chi connectivity index (χ1) is 20.9. The van der Waals surface area contributed by atoms with Crippen molar-refractivity contribution in [2.24, 2.45) is 20.5 Å². The molecule has 0 aliphatic rings. The van der Waals surface area contributed by atoms with Crippen LogP contribution < -0.4 is 94.4 Å². The Labute approximate surface area is 340 Å². The van der Waals surface area contributed by atoms with Gasteiger partial charge in [-0.15, -0.1) is 15.3 Å². The maximum atomic E-state index is 12.1. The second-order valence-corrected chi connectivity index (χ2v) is 13.7. The summed E-state index contributed by atoms with van der Waals surface area (Å²) in [7, 11) is -15.4. The fraction of sp³-hybridized carbons (Fsp3) is 0.0370. The Bertz CT molecular complexity index is 2440. The minimum atomic E-state index is -5.39. The number of aryl methyl sites for hydroxylation is 1. The molecule has 0 bridgehead atoms. The summed E-state index contributed by atoms with van der Waals surface area (Å²) >= 11 is 0. The first-order valence-electron chi connectivity index (χ1n) is 12.4. The molecular weight excluding hydrogens is 719 g/mol. The van der Waals surface area contributed by atoms with Crippen molar-refractivity contribution in [2.45, 2.75) is 21.6 Å². The summed E-state index contributed by atoms with van der Waals surface area (Å²) in [6, 6.07) is 15.4. The molecule has 0 saturated heterocycles. The van der Waals surface area contributed by atoms with Crippen LogP contribution in [0.3, 0.4) is 0 Å². The maximum absolute atomic E-state index is 12.1. The molecule has 3 N–H and O–H groups in total. The van der Waals surface area contributed by atoms with E-state index >= 15 is 0 Å². The van der Waals surface area contributed by atoms with Crippen molar-refractivity contribution in [1.82, 2.24) is 0 Å². The summed E-state index contributed by atoms with van der Waals surface area (Å²) in [5, 5.41) is 26.6. The quantitative estimate of drug-likeness (QED) is 0.0707. The molecule has 21 heteroatoms. The van der Waals surface area contributed by atoms with Gasteiger partial charge in [-0.3, -0.25) is 0 Å². The Morgan fingerprint density at radius 1 is 0.604 bits per heavy atom. The number of hydrogen-bond acceptors (Lipinski definition) is 15. The molecule has 0 atom stereocenters. The number of hydrogen-bond donors (Lipinski definition) is 2. The fourth-order valence-corrected chi connectivity index (χ4v) is 6.11. The van der Waals surface area contributed by atoms with Crippen LogP contribution in [-0.4, -0.2) is 44.0 Å². The monoisotopic (exact) mass is 737 g/mol. The van der Waals surface area contributed by atoms with E-state index in [1.807, 2.05) is 19.1 Å². The number of nitrogen functional groups attached to an aromatic ring is 1. The molecule has 0 unspecified atom stereocenters. The van der Waals surface area contributed by atoms with Crippen LogP contribution in [0.1, 0.15) is 5.56 Å². The van der Waals surface area contributed by atoms with E-state index in [2.05, 4.69) is 20.5 Å². The van der Waals surface area contributed by atoms with Crippen molar-refractivity contribution >= 4 is 80.3 Å². The van der Waals surface area contributed by atoms with E-state index in [0.29, 0.717) is 17.8 Å². The summed E-state index contributed by atoms with van der Waals surface area (Å²) < 4.78 is 106. The van der Waals surface area contributed by atoms with E-state index in [0.717, 1.165) is 23.8 Å². The molecule has 0 aliphatic carbocycles. The van der Waals surface area contributed by atoms with E-state index in [4.69, 9.17) is 5.73 Å². The van der Waals surface area contributed by atoms with Crippen LogP contribution >= 0.6 is 0 Å². The van der Waals surface area contributed by atoms with Crippen LogP contribution in [0, 0.1) is 6.92 Å². The first-order valence-corrected chi connectivity index (χ1v) is 16.6. The summed E-state index contributed by atoms with van der Waals surface area (Å²) in [4.78, 5) is -2.66. The molecule has 0 heterocycles. The van der Waals surface area contributed by atoms with Crippen LogP contribution in [0.2, 0.25) is 0 Å². The number of anilines is 1. The molecule has 0 aliphatic heterocycles. The van der Waals surface area contributed by atoms with E-state index in [1.165, 1.54) is 18.2 Å². The minimum Gasteiger partial charge on any atom is -0.744 e. The van der Waals surface area contributed by atoms with E-state index in [-0.39, 0.29) is 122 Å². The standard InChI is InChI=1S/C27H21N5O10S3.3Na/c1-14-2-4-16(5-3-14)29-30-22-8-9-23(20-12-17(43(34,35)36)6-7-18(20)22)31-32-26-25(45(40,41)42)11-15-10-24(44(37,38)39)21(28)13-19(15)27(26)33;;;/h2-13,33H,28H2,1H3,(H,34,35,36)(H,37,38,39)(H,40,41,42);;;/q;3*+1/p-3. The van der Waals surface area contributed by atoms with Crippen molar-refractivity contribution in [3.8, 4) is 5.75 Å². The molecule has 0 aromatic heterocycles.